The zero-order valence-corrected chi connectivity index (χ0v) is 60.3. The highest BCUT2D eigenvalue weighted by molar-refractivity contribution is 15.0. The minimum Gasteiger partial charge on any atom is -0.454 e. The van der Waals surface area contributed by atoms with Crippen LogP contribution in [0.1, 0.15) is 63.4 Å². The largest absolute Gasteiger partial charge is 0.454 e. The van der Waals surface area contributed by atoms with E-state index in [0.29, 0.717) is 24.5 Å². The van der Waals surface area contributed by atoms with Gasteiger partial charge < -0.3 is 29.9 Å². The first-order valence-corrected chi connectivity index (χ1v) is 37.2. The molecule has 2 aliphatic carbocycles. The van der Waals surface area contributed by atoms with Crippen LogP contribution in [0.4, 0.5) is 28.9 Å². The molecular weight excluding hydrogens is 1640 g/mol. The Bertz CT molecular complexity index is 4500. The molecule has 0 saturated heterocycles. The first kappa shape index (κ1) is 76.4. The first-order chi connectivity index (χ1) is 46.2. The Labute approximate surface area is 598 Å². The van der Waals surface area contributed by atoms with Gasteiger partial charge in [-0.15, -0.1) is 24.0 Å². The normalized spacial score (nSPS) is 12.1. The molecule has 4 amide bonds. The van der Waals surface area contributed by atoms with E-state index >= 15 is 0 Å². The Balaban J connectivity index is 0.000000231. The van der Waals surface area contributed by atoms with E-state index in [1.54, 1.807) is 40.3 Å². The molecule has 4 heterocycles. The number of aryl methyl sites for hydroxylation is 1. The van der Waals surface area contributed by atoms with Crippen LogP contribution < -0.4 is 42.6 Å². The predicted octanol–water partition coefficient (Wildman–Crippen LogP) is 11.1. The topological polar surface area (TPSA) is 285 Å². The summed E-state index contributed by atoms with van der Waals surface area (Å²) in [7, 11) is 2.50. The number of nitrogens with zero attached hydrogens (tertiary/aromatic N) is 8. The van der Waals surface area contributed by atoms with Crippen molar-refractivity contribution in [1.29, 1.82) is 0 Å². The summed E-state index contributed by atoms with van der Waals surface area (Å²) in [6.45, 7) is 2.48. The molecule has 0 bridgehead atoms. The Morgan fingerprint density at radius 3 is 1.26 bits per heavy atom. The smallest absolute Gasteiger partial charge is 0.335 e. The second-order valence-electron chi connectivity index (χ2n) is 22.7. The van der Waals surface area contributed by atoms with E-state index in [1.165, 1.54) is 129 Å². The van der Waals surface area contributed by atoms with Crippen molar-refractivity contribution in [1.82, 2.24) is 38.0 Å². The van der Waals surface area contributed by atoms with E-state index < -0.39 is 67.7 Å². The number of ether oxygens (including phenoxy) is 2. The number of likely N-dealkylation sites (N-methyl/N-ethyl adjacent to an activating group) is 2. The lowest BCUT2D eigenvalue weighted by atomic mass is 10.2. The molecule has 0 atom stereocenters. The SMILES string of the molecule is CN(C)C(=O)Cc1cc(Oc2ccc(NC(=O)c3cn(CC4CC4)c(=O)n(-c4ccc(F)cc4)c3=O)cc2F)ccn1.CN(C)C(=O)Cc1cc(Oc2ccc(NC(=O)c3cn(CC4CC4)c(=O)n(-c4ccc(F)cc4)c3=O)cc2F)ccn1.Cc1ccc(S(=O)(=O)O)cc1.I.II. The van der Waals surface area contributed by atoms with E-state index in [-0.39, 0.29) is 122 Å². The summed E-state index contributed by atoms with van der Waals surface area (Å²) in [5.74, 6) is -3.92. The first-order valence-electron chi connectivity index (χ1n) is 29.5. The summed E-state index contributed by atoms with van der Waals surface area (Å²) in [6, 6.07) is 29.1. The van der Waals surface area contributed by atoms with Crippen molar-refractivity contribution >= 4 is 106 Å². The molecule has 11 rings (SSSR count). The lowest BCUT2D eigenvalue weighted by molar-refractivity contribution is -0.128. The van der Waals surface area contributed by atoms with Crippen molar-refractivity contribution in [2.45, 2.75) is 63.4 Å². The Morgan fingerprint density at radius 2 is 0.929 bits per heavy atom. The number of aromatic nitrogens is 6. The van der Waals surface area contributed by atoms with Gasteiger partial charge in [-0.05, 0) is 142 Å². The highest BCUT2D eigenvalue weighted by Crippen LogP contribution is 2.32. The Morgan fingerprint density at radius 1 is 0.561 bits per heavy atom. The summed E-state index contributed by atoms with van der Waals surface area (Å²) in [5.41, 5.74) is -1.57. The summed E-state index contributed by atoms with van der Waals surface area (Å²) < 4.78 is 102. The Kier molecular flexibility index (Phi) is 26.9. The number of benzene rings is 5. The molecule has 3 N–H and O–H groups in total. The van der Waals surface area contributed by atoms with Gasteiger partial charge in [0.15, 0.2) is 23.1 Å². The van der Waals surface area contributed by atoms with Crippen LogP contribution in [0.25, 0.3) is 11.4 Å². The number of amides is 4. The van der Waals surface area contributed by atoms with E-state index in [0.717, 1.165) is 76.8 Å². The van der Waals surface area contributed by atoms with Gasteiger partial charge in [-0.2, -0.15) is 8.42 Å². The zero-order valence-electron chi connectivity index (χ0n) is 52.8. The van der Waals surface area contributed by atoms with Gasteiger partial charge >= 0.3 is 11.4 Å². The van der Waals surface area contributed by atoms with E-state index in [4.69, 9.17) is 14.0 Å². The van der Waals surface area contributed by atoms with E-state index in [2.05, 4.69) is 57.8 Å². The number of pyridine rings is 2. The molecule has 4 aromatic heterocycles. The number of carbonyl (C=O) groups is 4. The quantitative estimate of drug-likeness (QED) is 0.0385. The fourth-order valence-corrected chi connectivity index (χ4v) is 9.59. The average molecular weight is 1710 g/mol. The summed E-state index contributed by atoms with van der Waals surface area (Å²) in [6.07, 6.45) is 9.09. The van der Waals surface area contributed by atoms with Crippen molar-refractivity contribution in [3.8, 4) is 34.4 Å². The molecule has 2 aliphatic rings. The van der Waals surface area contributed by atoms with Gasteiger partial charge in [-0.3, -0.25) is 52.4 Å². The van der Waals surface area contributed by atoms with E-state index in [9.17, 15) is 64.3 Å². The van der Waals surface area contributed by atoms with Gasteiger partial charge in [0.05, 0.1) is 40.5 Å². The molecule has 0 spiro atoms. The van der Waals surface area contributed by atoms with Gasteiger partial charge in [-0.1, -0.05) is 17.7 Å². The number of nitrogens with one attached hydrogen (secondary N) is 2. The molecule has 9 aromatic rings. The van der Waals surface area contributed by atoms with E-state index in [1.807, 2.05) is 6.92 Å². The minimum absolute atomic E-state index is 0. The van der Waals surface area contributed by atoms with Crippen LogP contribution >= 0.6 is 61.2 Å². The van der Waals surface area contributed by atoms with Crippen LogP contribution in [0, 0.1) is 42.0 Å². The number of rotatable bonds is 19. The summed E-state index contributed by atoms with van der Waals surface area (Å²) in [4.78, 5) is 114. The van der Waals surface area contributed by atoms with Gasteiger partial charge in [0.1, 0.15) is 34.3 Å². The molecule has 0 radical (unpaired) electrons. The summed E-state index contributed by atoms with van der Waals surface area (Å²) >= 11 is 4.24. The predicted molar refractivity (Wildman–Crippen MR) is 385 cm³/mol. The fourth-order valence-electron chi connectivity index (χ4n) is 9.11. The van der Waals surface area contributed by atoms with Crippen LogP contribution in [0.3, 0.4) is 0 Å². The van der Waals surface area contributed by atoms with Crippen LogP contribution in [-0.2, 0) is 45.6 Å². The van der Waals surface area contributed by atoms with Crippen molar-refractivity contribution in [2.75, 3.05) is 38.8 Å². The maximum absolute atomic E-state index is 15.0. The van der Waals surface area contributed by atoms with Crippen LogP contribution in [-0.4, -0.2) is 103 Å². The lowest BCUT2D eigenvalue weighted by Gasteiger charge is -2.14. The Hall–Kier alpha value is -8.94. The number of halogens is 7. The molecule has 2 fully saturated rings. The summed E-state index contributed by atoms with van der Waals surface area (Å²) in [5, 5.41) is 5.00. The van der Waals surface area contributed by atoms with Crippen LogP contribution in [0.15, 0.2) is 182 Å². The van der Waals surface area contributed by atoms with Gasteiger partial charge in [-0.25, -0.2) is 36.3 Å². The maximum atomic E-state index is 15.0. The van der Waals surface area contributed by atoms with Crippen LogP contribution in [0.5, 0.6) is 23.0 Å². The minimum atomic E-state index is -4.02. The third-order valence-electron chi connectivity index (χ3n) is 14.7. The second-order valence-corrected chi connectivity index (χ2v) is 24.1. The number of hydrogen-bond donors (Lipinski definition) is 3. The van der Waals surface area contributed by atoms with Crippen molar-refractivity contribution < 1.29 is 59.2 Å². The number of hydrogen-bond acceptors (Lipinski definition) is 14. The zero-order chi connectivity index (χ0) is 70.4. The third-order valence-corrected chi connectivity index (χ3v) is 15.5. The van der Waals surface area contributed by atoms with Crippen LogP contribution in [0.2, 0.25) is 0 Å². The fraction of sp³-hybridized carbons (Fsp3) is 0.224. The molecule has 0 unspecified atom stereocenters. The standard InChI is InChI=1S/2C30H27F2N5O5.C7H8O3S.I2.HI/c2*1-35(2)27(38)15-21-13-23(11-12-33-21)42-26-10-7-20(14-25(26)32)34-28(39)24-17-36(16-18-3-4-18)30(41)37(29(24)40)22-8-5-19(31)6-9-22;1-6-2-4-7(5-3-6)11(8,9)10;1-2;/h2*5-14,17-18H,3-4,15-16H2,1-2H3,(H,34,39);2-5H,1H3,(H,8,9,10);;1H. The average Bonchev–Trinajstić information content (AvgIpc) is 0.835. The molecule has 0 aliphatic heterocycles. The number of carbonyl (C=O) groups excluding carboxylic acids is 4. The molecule has 31 heteroatoms. The highest BCUT2D eigenvalue weighted by Gasteiger charge is 2.28. The third kappa shape index (κ3) is 21.0. The van der Waals surface area contributed by atoms with Gasteiger partial charge in [0.2, 0.25) is 11.8 Å². The monoisotopic (exact) mass is 1700 g/mol. The second kappa shape index (κ2) is 34.5. The molecule has 2 saturated carbocycles. The molecule has 5 aromatic carbocycles. The van der Waals surface area contributed by atoms with Crippen molar-refractivity contribution in [3.05, 3.63) is 251 Å². The van der Waals surface area contributed by atoms with Crippen molar-refractivity contribution in [3.63, 3.8) is 0 Å². The molecule has 98 heavy (non-hydrogen) atoms. The van der Waals surface area contributed by atoms with Crippen molar-refractivity contribution in [2.24, 2.45) is 11.8 Å². The molecular formula is C67H63F4I3N10O13S. The maximum Gasteiger partial charge on any atom is 0.335 e. The highest BCUT2D eigenvalue weighted by atomic mass is 128. The van der Waals surface area contributed by atoms with Gasteiger partial charge in [0, 0.05) is 139 Å². The lowest BCUT2D eigenvalue weighted by Crippen LogP contribution is -2.42. The van der Waals surface area contributed by atoms with Gasteiger partial charge in [0.25, 0.3) is 33.1 Å². The number of anilines is 2. The molecule has 23 nitrogen and oxygen atoms in total. The molecule has 514 valence electrons.